The number of hydrogen-bond donors (Lipinski definition) is 0. The average molecular weight is 361 g/mol. The van der Waals surface area contributed by atoms with Crippen LogP contribution in [0.15, 0.2) is 71.5 Å². The summed E-state index contributed by atoms with van der Waals surface area (Å²) in [5, 5.41) is 8.65. The largest absolute Gasteiger partial charge is 0.292 e. The molecule has 0 spiro atoms. The zero-order valence-electron chi connectivity index (χ0n) is 14.0. The molecule has 1 atom stereocenters. The van der Waals surface area contributed by atoms with Gasteiger partial charge in [0.1, 0.15) is 6.04 Å². The minimum absolute atomic E-state index is 0.167. The Bertz CT molecular complexity index is 1130. The fourth-order valence-corrected chi connectivity index (χ4v) is 3.79. The molecular formula is C20H15N3O2S. The van der Waals surface area contributed by atoms with E-state index in [9.17, 15) is 9.59 Å². The maximum atomic E-state index is 12.9. The van der Waals surface area contributed by atoms with Gasteiger partial charge < -0.3 is 0 Å². The molecule has 2 heterocycles. The quantitative estimate of drug-likeness (QED) is 0.516. The number of benzene rings is 2. The van der Waals surface area contributed by atoms with E-state index in [1.807, 2.05) is 42.5 Å². The molecule has 0 saturated carbocycles. The van der Waals surface area contributed by atoms with Gasteiger partial charge in [-0.2, -0.15) is 4.68 Å². The Labute approximate surface area is 153 Å². The number of fused-ring (bicyclic) bond motifs is 1. The first kappa shape index (κ1) is 16.4. The zero-order chi connectivity index (χ0) is 18.1. The first-order valence-electron chi connectivity index (χ1n) is 8.19. The molecule has 26 heavy (non-hydrogen) atoms. The molecule has 0 aliphatic heterocycles. The van der Waals surface area contributed by atoms with Crippen LogP contribution in [0, 0.1) is 0 Å². The average Bonchev–Trinajstić information content (AvgIpc) is 3.14. The lowest BCUT2D eigenvalue weighted by atomic mass is 10.1. The summed E-state index contributed by atoms with van der Waals surface area (Å²) in [4.78, 5) is 27.0. The minimum atomic E-state index is -0.720. The number of thiophene rings is 1. The van der Waals surface area contributed by atoms with Crippen LogP contribution >= 0.6 is 11.3 Å². The fraction of sp³-hybridized carbons (Fsp3) is 0.100. The molecule has 2 aromatic carbocycles. The van der Waals surface area contributed by atoms with E-state index in [0.29, 0.717) is 15.8 Å². The van der Waals surface area contributed by atoms with Crippen LogP contribution in [-0.4, -0.2) is 20.8 Å². The Morgan fingerprint density at radius 3 is 2.38 bits per heavy atom. The Morgan fingerprint density at radius 1 is 1.04 bits per heavy atom. The van der Waals surface area contributed by atoms with Gasteiger partial charge >= 0.3 is 0 Å². The van der Waals surface area contributed by atoms with Crippen molar-refractivity contribution in [3.05, 3.63) is 82.6 Å². The molecule has 128 valence electrons. The van der Waals surface area contributed by atoms with Crippen LogP contribution in [-0.2, 0) is 0 Å². The summed E-state index contributed by atoms with van der Waals surface area (Å²) in [6, 6.07) is 19.8. The van der Waals surface area contributed by atoms with E-state index < -0.39 is 6.04 Å². The molecule has 5 nitrogen and oxygen atoms in total. The number of carbonyl (C=O) groups excluding carboxylic acids is 1. The van der Waals surface area contributed by atoms with Crippen molar-refractivity contribution in [1.82, 2.24) is 15.0 Å². The summed E-state index contributed by atoms with van der Waals surface area (Å²) in [7, 11) is 0. The second-order valence-electron chi connectivity index (χ2n) is 5.94. The number of carbonyl (C=O) groups is 1. The summed E-state index contributed by atoms with van der Waals surface area (Å²) in [5.41, 5.74) is 1.27. The first-order chi connectivity index (χ1) is 12.6. The smallest absolute Gasteiger partial charge is 0.279 e. The van der Waals surface area contributed by atoms with E-state index in [0.717, 1.165) is 10.4 Å². The molecule has 4 aromatic rings. The summed E-state index contributed by atoms with van der Waals surface area (Å²) in [5.74, 6) is -0.167. The van der Waals surface area contributed by atoms with Gasteiger partial charge in [0, 0.05) is 10.4 Å². The van der Waals surface area contributed by atoms with Crippen LogP contribution in [0.1, 0.15) is 23.3 Å². The van der Waals surface area contributed by atoms with Crippen LogP contribution < -0.4 is 5.56 Å². The maximum absolute atomic E-state index is 12.9. The van der Waals surface area contributed by atoms with Gasteiger partial charge in [-0.25, -0.2) is 0 Å². The predicted octanol–water partition coefficient (Wildman–Crippen LogP) is 3.96. The zero-order valence-corrected chi connectivity index (χ0v) is 14.8. The van der Waals surface area contributed by atoms with Crippen LogP contribution in [0.25, 0.3) is 20.7 Å². The van der Waals surface area contributed by atoms with Crippen molar-refractivity contribution < 1.29 is 4.79 Å². The molecule has 1 unspecified atom stereocenters. The summed E-state index contributed by atoms with van der Waals surface area (Å²) >= 11 is 1.42. The molecule has 6 heteroatoms. The fourth-order valence-electron chi connectivity index (χ4n) is 2.81. The second kappa shape index (κ2) is 6.65. The molecule has 0 N–H and O–H groups in total. The van der Waals surface area contributed by atoms with Crippen LogP contribution in [0.2, 0.25) is 0 Å². The summed E-state index contributed by atoms with van der Waals surface area (Å²) in [6.45, 7) is 1.67. The van der Waals surface area contributed by atoms with Crippen molar-refractivity contribution in [2.24, 2.45) is 0 Å². The molecule has 0 bridgehead atoms. The molecule has 0 amide bonds. The lowest BCUT2D eigenvalue weighted by Gasteiger charge is -2.11. The van der Waals surface area contributed by atoms with Gasteiger partial charge in [0.15, 0.2) is 10.6 Å². The third-order valence-corrected chi connectivity index (χ3v) is 5.31. The van der Waals surface area contributed by atoms with Crippen LogP contribution in [0.5, 0.6) is 0 Å². The third-order valence-electron chi connectivity index (χ3n) is 4.25. The Morgan fingerprint density at radius 2 is 1.69 bits per heavy atom. The van der Waals surface area contributed by atoms with Crippen molar-refractivity contribution in [2.45, 2.75) is 13.0 Å². The van der Waals surface area contributed by atoms with Crippen molar-refractivity contribution in [1.29, 1.82) is 0 Å². The van der Waals surface area contributed by atoms with Gasteiger partial charge in [-0.15, -0.1) is 16.4 Å². The van der Waals surface area contributed by atoms with E-state index in [2.05, 4.69) is 10.3 Å². The summed E-state index contributed by atoms with van der Waals surface area (Å²) in [6.07, 6.45) is 0. The molecule has 0 fully saturated rings. The van der Waals surface area contributed by atoms with E-state index in [-0.39, 0.29) is 11.3 Å². The highest BCUT2D eigenvalue weighted by Gasteiger charge is 2.21. The van der Waals surface area contributed by atoms with E-state index in [1.54, 1.807) is 31.2 Å². The monoisotopic (exact) mass is 361 g/mol. The van der Waals surface area contributed by atoms with Crippen molar-refractivity contribution in [3.8, 4) is 10.4 Å². The van der Waals surface area contributed by atoms with Gasteiger partial charge in [0.05, 0.1) is 5.39 Å². The van der Waals surface area contributed by atoms with Gasteiger partial charge in [-0.1, -0.05) is 65.9 Å². The highest BCUT2D eigenvalue weighted by Crippen LogP contribution is 2.30. The van der Waals surface area contributed by atoms with E-state index in [4.69, 9.17) is 0 Å². The number of hydrogen-bond acceptors (Lipinski definition) is 5. The summed E-state index contributed by atoms with van der Waals surface area (Å²) < 4.78 is 1.17. The molecule has 0 saturated heterocycles. The van der Waals surface area contributed by atoms with Gasteiger partial charge in [0.2, 0.25) is 0 Å². The maximum Gasteiger partial charge on any atom is 0.279 e. The second-order valence-corrected chi connectivity index (χ2v) is 6.97. The lowest BCUT2D eigenvalue weighted by molar-refractivity contribution is 0.0923. The van der Waals surface area contributed by atoms with Crippen molar-refractivity contribution >= 4 is 27.3 Å². The number of aromatic nitrogens is 3. The third kappa shape index (κ3) is 2.84. The van der Waals surface area contributed by atoms with Gasteiger partial charge in [0.25, 0.3) is 5.56 Å². The highest BCUT2D eigenvalue weighted by molar-refractivity contribution is 7.21. The van der Waals surface area contributed by atoms with Crippen molar-refractivity contribution in [2.75, 3.05) is 0 Å². The van der Waals surface area contributed by atoms with E-state index in [1.165, 1.54) is 16.0 Å². The topological polar surface area (TPSA) is 64.8 Å². The highest BCUT2D eigenvalue weighted by atomic mass is 32.1. The molecule has 0 aliphatic rings. The van der Waals surface area contributed by atoms with E-state index >= 15 is 0 Å². The Hall–Kier alpha value is -3.12. The molecule has 0 aliphatic carbocycles. The molecular weight excluding hydrogens is 346 g/mol. The van der Waals surface area contributed by atoms with Gasteiger partial charge in [-0.3, -0.25) is 9.59 Å². The predicted molar refractivity (Wildman–Crippen MR) is 103 cm³/mol. The SMILES string of the molecule is CC(C(=O)c1ccccc1)n1nnc2sc(-c3ccccc3)cc2c1=O. The normalized spacial score (nSPS) is 12.2. The minimum Gasteiger partial charge on any atom is -0.292 e. The van der Waals surface area contributed by atoms with Crippen LogP contribution in [0.3, 0.4) is 0 Å². The number of nitrogens with zero attached hydrogens (tertiary/aromatic N) is 3. The number of ketones is 1. The number of Topliss-reactive ketones (excluding diaryl/α,β-unsaturated/α-hetero) is 1. The first-order valence-corrected chi connectivity index (χ1v) is 9.00. The van der Waals surface area contributed by atoms with Crippen LogP contribution in [0.4, 0.5) is 0 Å². The molecule has 4 rings (SSSR count). The number of rotatable bonds is 4. The lowest BCUT2D eigenvalue weighted by Crippen LogP contribution is -2.31. The molecule has 0 radical (unpaired) electrons. The van der Waals surface area contributed by atoms with Gasteiger partial charge in [-0.05, 0) is 18.6 Å². The Kier molecular flexibility index (Phi) is 4.18. The Balaban J connectivity index is 1.76. The standard InChI is InChI=1S/C20H15N3O2S/c1-13(18(24)15-10-6-3-7-11-15)23-20(25)16-12-17(26-19(16)21-22-23)14-8-4-2-5-9-14/h2-13H,1H3. The van der Waals surface area contributed by atoms with Crippen molar-refractivity contribution in [3.63, 3.8) is 0 Å². The molecule has 2 aromatic heterocycles.